The number of allylic oxidation sites excluding steroid dienone is 1. The van der Waals surface area contributed by atoms with Gasteiger partial charge in [0, 0.05) is 11.9 Å². The monoisotopic (exact) mass is 174 g/mol. The molecule has 1 aliphatic carbocycles. The first kappa shape index (κ1) is 8.30. The summed E-state index contributed by atoms with van der Waals surface area (Å²) in [7, 11) is 0. The normalized spacial score (nSPS) is 15.5. The molecule has 1 heterocycles. The van der Waals surface area contributed by atoms with Crippen LogP contribution in [0.25, 0.3) is 0 Å². The molecule has 1 saturated carbocycles. The lowest BCUT2D eigenvalue weighted by Crippen LogP contribution is -2.01. The van der Waals surface area contributed by atoms with E-state index in [-0.39, 0.29) is 0 Å². The minimum Gasteiger partial charge on any atom is -0.344 e. The van der Waals surface area contributed by atoms with Crippen LogP contribution in [0.5, 0.6) is 0 Å². The molecule has 2 nitrogen and oxygen atoms in total. The average Bonchev–Trinajstić information content (AvgIpc) is 2.85. The summed E-state index contributed by atoms with van der Waals surface area (Å²) in [6, 6.07) is 4.03. The summed E-state index contributed by atoms with van der Waals surface area (Å²) < 4.78 is 0. The highest BCUT2D eigenvalue weighted by Gasteiger charge is 2.24. The van der Waals surface area contributed by atoms with Crippen molar-refractivity contribution in [2.75, 3.05) is 5.32 Å². The molecule has 0 aromatic carbocycles. The van der Waals surface area contributed by atoms with Crippen molar-refractivity contribution in [1.29, 1.82) is 0 Å². The predicted molar refractivity (Wildman–Crippen MR) is 54.5 cm³/mol. The van der Waals surface area contributed by atoms with E-state index in [1.54, 1.807) is 0 Å². The van der Waals surface area contributed by atoms with Crippen LogP contribution in [0.15, 0.2) is 30.6 Å². The number of nitrogens with one attached hydrogen (secondary N) is 1. The van der Waals surface area contributed by atoms with Gasteiger partial charge in [-0.3, -0.25) is 0 Å². The first-order valence-corrected chi connectivity index (χ1v) is 4.64. The Bertz CT molecular complexity index is 327. The zero-order valence-corrected chi connectivity index (χ0v) is 7.88. The number of nitrogens with zero attached hydrogens (tertiary/aromatic N) is 1. The molecule has 1 aromatic heterocycles. The highest BCUT2D eigenvalue weighted by molar-refractivity contribution is 5.43. The van der Waals surface area contributed by atoms with E-state index in [9.17, 15) is 0 Å². The number of rotatable bonds is 3. The molecular formula is C11H14N2. The number of anilines is 1. The largest absolute Gasteiger partial charge is 0.344 e. The molecule has 68 valence electrons. The van der Waals surface area contributed by atoms with Gasteiger partial charge < -0.3 is 5.32 Å². The van der Waals surface area contributed by atoms with Gasteiger partial charge in [-0.2, -0.15) is 0 Å². The quantitative estimate of drug-likeness (QED) is 0.762. The van der Waals surface area contributed by atoms with Gasteiger partial charge in [0.15, 0.2) is 0 Å². The van der Waals surface area contributed by atoms with Crippen LogP contribution in [-0.4, -0.2) is 4.98 Å². The van der Waals surface area contributed by atoms with E-state index in [1.807, 2.05) is 18.3 Å². The molecule has 2 heteroatoms. The van der Waals surface area contributed by atoms with Crippen molar-refractivity contribution >= 4 is 5.82 Å². The van der Waals surface area contributed by atoms with Gasteiger partial charge in [0.05, 0.1) is 0 Å². The Balaban J connectivity index is 2.04. The molecule has 1 fully saturated rings. The van der Waals surface area contributed by atoms with Crippen molar-refractivity contribution in [1.82, 2.24) is 4.98 Å². The Morgan fingerprint density at radius 2 is 2.38 bits per heavy atom. The Labute approximate surface area is 78.7 Å². The second-order valence-corrected chi connectivity index (χ2v) is 3.64. The third-order valence-corrected chi connectivity index (χ3v) is 2.27. The lowest BCUT2D eigenvalue weighted by atomic mass is 10.3. The molecule has 2 rings (SSSR count). The first-order valence-electron chi connectivity index (χ1n) is 4.64. The predicted octanol–water partition coefficient (Wildman–Crippen LogP) is 2.73. The van der Waals surface area contributed by atoms with Gasteiger partial charge in [0.1, 0.15) is 5.82 Å². The maximum absolute atomic E-state index is 4.22. The lowest BCUT2D eigenvalue weighted by Gasteiger charge is -2.07. The average molecular weight is 174 g/mol. The van der Waals surface area contributed by atoms with Crippen LogP contribution in [0.1, 0.15) is 18.4 Å². The van der Waals surface area contributed by atoms with Gasteiger partial charge in [-0.15, -0.1) is 0 Å². The molecule has 0 spiro atoms. The minimum absolute atomic E-state index is 0.683. The number of aromatic nitrogens is 1. The minimum atomic E-state index is 0.683. The third-order valence-electron chi connectivity index (χ3n) is 2.27. The van der Waals surface area contributed by atoms with E-state index in [0.29, 0.717) is 5.92 Å². The highest BCUT2D eigenvalue weighted by Crippen LogP contribution is 2.35. The zero-order chi connectivity index (χ0) is 9.26. The van der Waals surface area contributed by atoms with Crippen molar-refractivity contribution in [3.05, 3.63) is 36.2 Å². The van der Waals surface area contributed by atoms with Crippen LogP contribution in [0.3, 0.4) is 0 Å². The summed E-state index contributed by atoms with van der Waals surface area (Å²) in [5.41, 5.74) is 2.33. The number of hydrogen-bond acceptors (Lipinski definition) is 2. The van der Waals surface area contributed by atoms with Gasteiger partial charge in [0.25, 0.3) is 0 Å². The lowest BCUT2D eigenvalue weighted by molar-refractivity contribution is 1.01. The molecule has 0 amide bonds. The van der Waals surface area contributed by atoms with Crippen molar-refractivity contribution in [3.8, 4) is 0 Å². The van der Waals surface area contributed by atoms with E-state index in [1.165, 1.54) is 18.4 Å². The van der Waals surface area contributed by atoms with Gasteiger partial charge in [0.2, 0.25) is 0 Å². The molecule has 1 N–H and O–H groups in total. The van der Waals surface area contributed by atoms with E-state index < -0.39 is 0 Å². The van der Waals surface area contributed by atoms with E-state index >= 15 is 0 Å². The van der Waals surface area contributed by atoms with Gasteiger partial charge in [-0.1, -0.05) is 6.58 Å². The van der Waals surface area contributed by atoms with Crippen LogP contribution >= 0.6 is 0 Å². The third kappa shape index (κ3) is 2.08. The molecule has 0 atom stereocenters. The first-order chi connectivity index (χ1) is 6.25. The zero-order valence-electron chi connectivity index (χ0n) is 7.88. The summed E-state index contributed by atoms with van der Waals surface area (Å²) in [4.78, 5) is 4.22. The SMILES string of the molecule is C=C(Nc1cc(C)ccn1)C1CC1. The maximum atomic E-state index is 4.22. The number of pyridine rings is 1. The number of aryl methyl sites for hydroxylation is 1. The fourth-order valence-electron chi connectivity index (χ4n) is 1.30. The Morgan fingerprint density at radius 3 is 3.00 bits per heavy atom. The van der Waals surface area contributed by atoms with Crippen LogP contribution in [0.4, 0.5) is 5.82 Å². The molecule has 0 aliphatic heterocycles. The summed E-state index contributed by atoms with van der Waals surface area (Å²) in [6.07, 6.45) is 4.37. The maximum Gasteiger partial charge on any atom is 0.130 e. The molecule has 0 unspecified atom stereocenters. The van der Waals surface area contributed by atoms with Gasteiger partial charge >= 0.3 is 0 Å². The Hall–Kier alpha value is -1.31. The van der Waals surface area contributed by atoms with Crippen LogP contribution in [0.2, 0.25) is 0 Å². The Morgan fingerprint density at radius 1 is 1.62 bits per heavy atom. The van der Waals surface area contributed by atoms with E-state index in [0.717, 1.165) is 11.5 Å². The van der Waals surface area contributed by atoms with Crippen molar-refractivity contribution in [2.24, 2.45) is 5.92 Å². The molecule has 1 aliphatic rings. The topological polar surface area (TPSA) is 24.9 Å². The Kier molecular flexibility index (Phi) is 2.05. The molecular weight excluding hydrogens is 160 g/mol. The van der Waals surface area contributed by atoms with Crippen LogP contribution < -0.4 is 5.32 Å². The van der Waals surface area contributed by atoms with Gasteiger partial charge in [-0.05, 0) is 43.4 Å². The smallest absolute Gasteiger partial charge is 0.130 e. The van der Waals surface area contributed by atoms with Crippen molar-refractivity contribution in [2.45, 2.75) is 19.8 Å². The standard InChI is InChI=1S/C11H14N2/c1-8-5-6-12-11(7-8)13-9(2)10-3-4-10/h5-7,10H,2-4H2,1H3,(H,12,13). The van der Waals surface area contributed by atoms with E-state index in [4.69, 9.17) is 0 Å². The summed E-state index contributed by atoms with van der Waals surface area (Å²) in [6.45, 7) is 6.05. The molecule has 0 radical (unpaired) electrons. The number of hydrogen-bond donors (Lipinski definition) is 1. The molecule has 0 saturated heterocycles. The fraction of sp³-hybridized carbons (Fsp3) is 0.364. The second kappa shape index (κ2) is 3.21. The van der Waals surface area contributed by atoms with Crippen LogP contribution in [0, 0.1) is 12.8 Å². The summed E-state index contributed by atoms with van der Waals surface area (Å²) >= 11 is 0. The summed E-state index contributed by atoms with van der Waals surface area (Å²) in [5.74, 6) is 1.60. The molecule has 13 heavy (non-hydrogen) atoms. The fourth-order valence-corrected chi connectivity index (χ4v) is 1.30. The molecule has 0 bridgehead atoms. The van der Waals surface area contributed by atoms with Crippen LogP contribution in [-0.2, 0) is 0 Å². The second-order valence-electron chi connectivity index (χ2n) is 3.64. The van der Waals surface area contributed by atoms with E-state index in [2.05, 4.69) is 23.8 Å². The summed E-state index contributed by atoms with van der Waals surface area (Å²) in [5, 5.41) is 3.24. The van der Waals surface area contributed by atoms with Gasteiger partial charge in [-0.25, -0.2) is 4.98 Å². The molecule has 1 aromatic rings. The highest BCUT2D eigenvalue weighted by atomic mass is 15.0. The van der Waals surface area contributed by atoms with Crippen molar-refractivity contribution < 1.29 is 0 Å². The van der Waals surface area contributed by atoms with Crippen molar-refractivity contribution in [3.63, 3.8) is 0 Å².